The van der Waals surface area contributed by atoms with Gasteiger partial charge in [0.05, 0.1) is 74.6 Å². The Morgan fingerprint density at radius 2 is 1.67 bits per heavy atom. The van der Waals surface area contributed by atoms with Gasteiger partial charge in [0, 0.05) is 44.6 Å². The highest BCUT2D eigenvalue weighted by molar-refractivity contribution is 5.91. The van der Waals surface area contributed by atoms with Crippen LogP contribution in [0.1, 0.15) is 78.8 Å². The molecule has 3 aliphatic heterocycles. The molecule has 4 aliphatic rings. The molecule has 5 N–H and O–H groups in total. The number of allylic oxidation sites excluding steroid dienone is 3. The summed E-state index contributed by atoms with van der Waals surface area (Å²) in [7, 11) is 6.57. The lowest BCUT2D eigenvalue weighted by molar-refractivity contribution is -0.305. The predicted octanol–water partition coefficient (Wildman–Crippen LogP) is 1.79. The Kier molecular flexibility index (Phi) is 20.9. The normalized spacial score (nSPS) is 38.5. The van der Waals surface area contributed by atoms with Crippen LogP contribution < -0.4 is 11.2 Å². The van der Waals surface area contributed by atoms with Gasteiger partial charge in [0.15, 0.2) is 18.7 Å². The highest BCUT2D eigenvalue weighted by Crippen LogP contribution is 2.36. The summed E-state index contributed by atoms with van der Waals surface area (Å²) in [6.45, 7) is 9.06. The summed E-state index contributed by atoms with van der Waals surface area (Å²) in [5.41, 5.74) is -0.0428. The first kappa shape index (κ1) is 54.3. The number of rotatable bonds is 12. The van der Waals surface area contributed by atoms with Gasteiger partial charge in [0.1, 0.15) is 30.1 Å². The van der Waals surface area contributed by atoms with E-state index >= 15 is 0 Å². The lowest BCUT2D eigenvalue weighted by Crippen LogP contribution is -2.63. The van der Waals surface area contributed by atoms with Crippen LogP contribution in [0.15, 0.2) is 44.6 Å². The monoisotopic (exact) mass is 951 g/mol. The molecule has 2 saturated heterocycles. The van der Waals surface area contributed by atoms with Gasteiger partial charge in [-0.15, -0.1) is 0 Å². The van der Waals surface area contributed by atoms with Crippen LogP contribution in [0.2, 0.25) is 0 Å². The molecule has 4 heterocycles. The largest absolute Gasteiger partial charge is 0.462 e. The van der Waals surface area contributed by atoms with E-state index in [1.807, 2.05) is 33.8 Å². The van der Waals surface area contributed by atoms with E-state index < -0.39 is 114 Å². The molecular formula is C47H74N4O16. The number of H-pyrrole nitrogens is 2. The topological polar surface area (TPSA) is 259 Å². The predicted molar refractivity (Wildman–Crippen MR) is 243 cm³/mol. The van der Waals surface area contributed by atoms with E-state index in [1.165, 1.54) is 13.2 Å². The van der Waals surface area contributed by atoms with E-state index in [0.717, 1.165) is 5.57 Å². The summed E-state index contributed by atoms with van der Waals surface area (Å²) < 4.78 is 49.9. The average Bonchev–Trinajstić information content (AvgIpc) is 3.30. The number of hydrogen-bond donors (Lipinski definition) is 5. The number of carbonyl (C=O) groups is 2. The van der Waals surface area contributed by atoms with Gasteiger partial charge in [0.25, 0.3) is 5.56 Å². The Labute approximate surface area is 392 Å². The van der Waals surface area contributed by atoms with Crippen molar-refractivity contribution in [2.45, 2.75) is 153 Å². The van der Waals surface area contributed by atoms with Crippen LogP contribution in [-0.4, -0.2) is 176 Å². The minimum Gasteiger partial charge on any atom is -0.462 e. The van der Waals surface area contributed by atoms with Gasteiger partial charge in [-0.2, -0.15) is 0 Å². The van der Waals surface area contributed by atoms with E-state index in [4.69, 9.17) is 42.7 Å². The molecule has 1 unspecified atom stereocenters. The fraction of sp³-hybridized carbons (Fsp3) is 0.766. The quantitative estimate of drug-likeness (QED) is 0.148. The third-order valence-corrected chi connectivity index (χ3v) is 13.4. The van der Waals surface area contributed by atoms with Crippen molar-refractivity contribution in [2.24, 2.45) is 28.8 Å². The number of nitrogens with zero attached hydrogens (tertiary/aromatic N) is 2. The third kappa shape index (κ3) is 14.9. The Morgan fingerprint density at radius 1 is 0.925 bits per heavy atom. The van der Waals surface area contributed by atoms with E-state index in [9.17, 15) is 34.5 Å². The lowest BCUT2D eigenvalue weighted by Gasteiger charge is -2.47. The molecule has 20 heteroatoms. The number of likely N-dealkylation sites (N-methyl/N-ethyl adjacent to an activating group) is 1. The van der Waals surface area contributed by atoms with E-state index in [1.54, 1.807) is 45.2 Å². The van der Waals surface area contributed by atoms with Crippen molar-refractivity contribution >= 4 is 17.5 Å². The highest BCUT2D eigenvalue weighted by atomic mass is 16.7. The van der Waals surface area contributed by atoms with Crippen molar-refractivity contribution in [3.8, 4) is 0 Å². The fourth-order valence-corrected chi connectivity index (χ4v) is 9.64. The van der Waals surface area contributed by atoms with Crippen LogP contribution in [0.25, 0.3) is 0 Å². The molecule has 1 aliphatic carbocycles. The molecule has 1 aromatic heterocycles. The zero-order chi connectivity index (χ0) is 48.9. The Morgan fingerprint density at radius 3 is 2.36 bits per heavy atom. The number of esters is 1. The molecule has 16 atom stereocenters. The first-order valence-electron chi connectivity index (χ1n) is 23.4. The second kappa shape index (κ2) is 25.8. The summed E-state index contributed by atoms with van der Waals surface area (Å²) in [5, 5.41) is 37.6. The number of fused-ring (bicyclic) bond motifs is 3. The molecule has 67 heavy (non-hydrogen) atoms. The number of cyclic esters (lactones) is 1. The second-order valence-corrected chi connectivity index (χ2v) is 18.6. The first-order chi connectivity index (χ1) is 31.9. The van der Waals surface area contributed by atoms with Gasteiger partial charge >= 0.3 is 11.7 Å². The summed E-state index contributed by atoms with van der Waals surface area (Å²) in [5.74, 6) is -2.69. The number of oxime groups is 1. The van der Waals surface area contributed by atoms with Gasteiger partial charge in [-0.3, -0.25) is 19.4 Å². The number of methoxy groups -OCH3 is 2. The van der Waals surface area contributed by atoms with Gasteiger partial charge in [-0.1, -0.05) is 43.7 Å². The van der Waals surface area contributed by atoms with Crippen LogP contribution in [0, 0.1) is 23.7 Å². The summed E-state index contributed by atoms with van der Waals surface area (Å²) in [6, 6.07) is 0.447. The number of aliphatic hydroxyl groups excluding tert-OH is 3. The fourth-order valence-electron chi connectivity index (χ4n) is 9.64. The van der Waals surface area contributed by atoms with E-state index in [0.29, 0.717) is 37.8 Å². The molecule has 1 aromatic rings. The Balaban J connectivity index is 1.51. The van der Waals surface area contributed by atoms with Gasteiger partial charge in [0.2, 0.25) is 0 Å². The number of hydrogen-bond acceptors (Lipinski definition) is 18. The van der Waals surface area contributed by atoms with Gasteiger partial charge in [-0.05, 0) is 72.0 Å². The van der Waals surface area contributed by atoms with Crippen molar-refractivity contribution < 1.29 is 67.6 Å². The molecule has 378 valence electrons. The molecule has 0 aromatic carbocycles. The summed E-state index contributed by atoms with van der Waals surface area (Å²) in [6.07, 6.45) is -1.81. The van der Waals surface area contributed by atoms with Crippen LogP contribution in [0.5, 0.6) is 0 Å². The molecule has 20 nitrogen and oxygen atoms in total. The molecule has 0 radical (unpaired) electrons. The van der Waals surface area contributed by atoms with E-state index in [-0.39, 0.29) is 50.9 Å². The molecule has 0 spiro atoms. The average molecular weight is 951 g/mol. The maximum absolute atomic E-state index is 14.4. The molecule has 2 bridgehead atoms. The van der Waals surface area contributed by atoms with Gasteiger partial charge in [-0.25, -0.2) is 4.79 Å². The molecule has 5 rings (SSSR count). The number of aromatic nitrogens is 2. The minimum absolute atomic E-state index is 0.0448. The minimum atomic E-state index is -1.28. The molecule has 1 saturated carbocycles. The van der Waals surface area contributed by atoms with Crippen LogP contribution in [-0.2, 0) is 58.9 Å². The number of ketones is 1. The molecule has 0 amide bonds. The van der Waals surface area contributed by atoms with Gasteiger partial charge < -0.3 is 67.9 Å². The first-order valence-corrected chi connectivity index (χ1v) is 23.4. The summed E-state index contributed by atoms with van der Waals surface area (Å²) >= 11 is 0. The number of aromatic amines is 2. The third-order valence-electron chi connectivity index (χ3n) is 13.4. The zero-order valence-corrected chi connectivity index (χ0v) is 40.4. The molecular weight excluding hydrogens is 877 g/mol. The van der Waals surface area contributed by atoms with E-state index in [2.05, 4.69) is 15.1 Å². The Hall–Kier alpha value is -3.67. The van der Waals surface area contributed by atoms with Crippen molar-refractivity contribution in [3.63, 3.8) is 0 Å². The Bertz CT molecular complexity index is 1930. The number of nitrogens with one attached hydrogen (secondary N) is 2. The standard InChI is InChI=1S/C47H74N4O16/c1-10-35-30(21-62-36-14-13-34(53)44(59-8)45(36)60-9)17-25(2)11-12-33(52)26(3)18-29-15-16-61-22-32(50-64-24-31-19-38(54)49-47(58)48-31)23-63-37(20-39(55)66-35)27(4)43(29)67-46-42(57)40(51(6)7)41(56)28(5)65-46/h11-12,17,19,26-30,34-37,40-46,53,56-57H,10,13-16,18,20-24H2,1-9H3,(H2,48,49,54,58)/b12-11+,25-17+,50-32+/t26-,27+,28-,29?,30-,34-,35-,36-,37-,40+,41-,42-,43-,44-,45+,46+/m1/s1. The number of carbonyl (C=O) groups excluding carboxylic acids is 2. The van der Waals surface area contributed by atoms with Crippen LogP contribution >= 0.6 is 0 Å². The summed E-state index contributed by atoms with van der Waals surface area (Å²) in [4.78, 5) is 64.0. The highest BCUT2D eigenvalue weighted by Gasteiger charge is 2.48. The maximum atomic E-state index is 14.4. The van der Waals surface area contributed by atoms with Crippen molar-refractivity contribution in [1.29, 1.82) is 0 Å². The number of aliphatic hydroxyl groups is 3. The van der Waals surface area contributed by atoms with Crippen molar-refractivity contribution in [2.75, 3.05) is 54.7 Å². The molecule has 3 fully saturated rings. The second-order valence-electron chi connectivity index (χ2n) is 18.6. The zero-order valence-electron chi connectivity index (χ0n) is 40.4. The smallest absolute Gasteiger partial charge is 0.326 e. The SMILES string of the molecule is CC[C@H]1OC(=O)C[C@H]2OC/C(=N/OCc3cc(=O)[nH]c(=O)[nH]3)COCCC(C[C@@H](C)C(=O)/C=C/C(C)=C/[C@@H]1CO[C@@H]1CC[C@@H](O)[C@@H](OC)[C@H]1OC)[C@H](O[C@@H]1O[C@H](C)[C@@H](O)[C@H](N(C)C)[C@H]1O)[C@H]2C. The van der Waals surface area contributed by atoms with Crippen LogP contribution in [0.4, 0.5) is 0 Å². The maximum Gasteiger partial charge on any atom is 0.326 e. The number of ether oxygens (including phenoxy) is 8. The van der Waals surface area contributed by atoms with Crippen molar-refractivity contribution in [1.82, 2.24) is 14.9 Å². The van der Waals surface area contributed by atoms with Crippen LogP contribution in [0.3, 0.4) is 0 Å². The van der Waals surface area contributed by atoms with Crippen molar-refractivity contribution in [3.05, 3.63) is 56.4 Å². The lowest BCUT2D eigenvalue weighted by atomic mass is 9.79.